The highest BCUT2D eigenvalue weighted by molar-refractivity contribution is 7.92. The first kappa shape index (κ1) is 14.1. The van der Waals surface area contributed by atoms with Crippen molar-refractivity contribution in [2.75, 3.05) is 12.9 Å². The number of aryl methyl sites for hydroxylation is 1. The van der Waals surface area contributed by atoms with Gasteiger partial charge in [0.1, 0.15) is 11.0 Å². The van der Waals surface area contributed by atoms with Gasteiger partial charge in [-0.05, 0) is 30.5 Å². The first-order valence-electron chi connectivity index (χ1n) is 6.34. The second kappa shape index (κ2) is 5.33. The molecule has 19 heavy (non-hydrogen) atoms. The zero-order valence-corrected chi connectivity index (χ0v) is 12.0. The van der Waals surface area contributed by atoms with Gasteiger partial charge in [-0.25, -0.2) is 8.42 Å². The summed E-state index contributed by atoms with van der Waals surface area (Å²) < 4.78 is 28.0. The van der Waals surface area contributed by atoms with Crippen molar-refractivity contribution in [1.29, 1.82) is 0 Å². The minimum absolute atomic E-state index is 0.223. The van der Waals surface area contributed by atoms with Gasteiger partial charge in [-0.15, -0.1) is 0 Å². The third-order valence-corrected chi connectivity index (χ3v) is 5.06. The lowest BCUT2D eigenvalue weighted by Gasteiger charge is -2.08. The molecule has 0 N–H and O–H groups in total. The SMILES string of the molecule is CC(C(=O)CCc1ccc2c(c1)CCO2)S(C)(=O)=O. The molecule has 1 aliphatic rings. The number of carbonyl (C=O) groups excluding carboxylic acids is 1. The minimum atomic E-state index is -3.29. The van der Waals surface area contributed by atoms with Crippen LogP contribution in [-0.4, -0.2) is 32.3 Å². The summed E-state index contributed by atoms with van der Waals surface area (Å²) in [6, 6.07) is 5.89. The molecule has 0 bridgehead atoms. The van der Waals surface area contributed by atoms with Crippen LogP contribution in [-0.2, 0) is 27.5 Å². The zero-order chi connectivity index (χ0) is 14.0. The predicted octanol–water partition coefficient (Wildman–Crippen LogP) is 1.56. The molecule has 1 aliphatic heterocycles. The highest BCUT2D eigenvalue weighted by Crippen LogP contribution is 2.26. The third kappa shape index (κ3) is 3.35. The second-order valence-corrected chi connectivity index (χ2v) is 7.34. The van der Waals surface area contributed by atoms with Gasteiger partial charge in [0, 0.05) is 19.1 Å². The summed E-state index contributed by atoms with van der Waals surface area (Å²) in [5, 5.41) is -0.912. The molecular formula is C14H18O4S. The summed E-state index contributed by atoms with van der Waals surface area (Å²) in [5.41, 5.74) is 2.22. The zero-order valence-electron chi connectivity index (χ0n) is 11.2. The molecule has 0 spiro atoms. The molecule has 0 saturated carbocycles. The summed E-state index contributed by atoms with van der Waals surface area (Å²) in [5.74, 6) is 0.693. The van der Waals surface area contributed by atoms with E-state index in [0.29, 0.717) is 13.0 Å². The highest BCUT2D eigenvalue weighted by atomic mass is 32.2. The van der Waals surface area contributed by atoms with Gasteiger partial charge in [0.15, 0.2) is 15.6 Å². The van der Waals surface area contributed by atoms with E-state index in [1.54, 1.807) is 0 Å². The van der Waals surface area contributed by atoms with Gasteiger partial charge in [0.25, 0.3) is 0 Å². The van der Waals surface area contributed by atoms with Crippen LogP contribution in [0.1, 0.15) is 24.5 Å². The molecule has 1 aromatic rings. The van der Waals surface area contributed by atoms with Crippen LogP contribution in [0.3, 0.4) is 0 Å². The fraction of sp³-hybridized carbons (Fsp3) is 0.500. The molecule has 0 radical (unpaired) electrons. The van der Waals surface area contributed by atoms with Crippen LogP contribution >= 0.6 is 0 Å². The summed E-state index contributed by atoms with van der Waals surface area (Å²) in [6.45, 7) is 2.16. The van der Waals surface area contributed by atoms with Gasteiger partial charge in [0.2, 0.25) is 0 Å². The number of fused-ring (bicyclic) bond motifs is 1. The van der Waals surface area contributed by atoms with E-state index in [1.165, 1.54) is 12.5 Å². The van der Waals surface area contributed by atoms with E-state index in [0.717, 1.165) is 24.0 Å². The van der Waals surface area contributed by atoms with Crippen LogP contribution in [0.5, 0.6) is 5.75 Å². The Morgan fingerprint density at radius 1 is 1.42 bits per heavy atom. The topological polar surface area (TPSA) is 60.4 Å². The van der Waals surface area contributed by atoms with Gasteiger partial charge in [0.05, 0.1) is 6.61 Å². The Morgan fingerprint density at radius 2 is 2.16 bits per heavy atom. The van der Waals surface area contributed by atoms with Crippen molar-refractivity contribution in [2.24, 2.45) is 0 Å². The Hall–Kier alpha value is -1.36. The first-order valence-corrected chi connectivity index (χ1v) is 8.29. The van der Waals surface area contributed by atoms with Crippen LogP contribution in [0.2, 0.25) is 0 Å². The van der Waals surface area contributed by atoms with Crippen molar-refractivity contribution in [1.82, 2.24) is 0 Å². The van der Waals surface area contributed by atoms with Crippen LogP contribution < -0.4 is 4.74 Å². The van der Waals surface area contributed by atoms with E-state index in [4.69, 9.17) is 4.74 Å². The number of ketones is 1. The van der Waals surface area contributed by atoms with Crippen LogP contribution in [0.25, 0.3) is 0 Å². The molecule has 5 heteroatoms. The number of carbonyl (C=O) groups is 1. The number of hydrogen-bond donors (Lipinski definition) is 0. The lowest BCUT2D eigenvalue weighted by molar-refractivity contribution is -0.118. The lowest BCUT2D eigenvalue weighted by atomic mass is 10.0. The van der Waals surface area contributed by atoms with Gasteiger partial charge in [-0.1, -0.05) is 12.1 Å². The molecule has 104 valence electrons. The van der Waals surface area contributed by atoms with Gasteiger partial charge >= 0.3 is 0 Å². The van der Waals surface area contributed by atoms with E-state index in [-0.39, 0.29) is 12.2 Å². The maximum absolute atomic E-state index is 11.8. The minimum Gasteiger partial charge on any atom is -0.493 e. The number of hydrogen-bond acceptors (Lipinski definition) is 4. The van der Waals surface area contributed by atoms with Crippen molar-refractivity contribution in [3.05, 3.63) is 29.3 Å². The van der Waals surface area contributed by atoms with Gasteiger partial charge in [-0.2, -0.15) is 0 Å². The number of rotatable bonds is 5. The van der Waals surface area contributed by atoms with E-state index >= 15 is 0 Å². The van der Waals surface area contributed by atoms with Crippen LogP contribution in [0.15, 0.2) is 18.2 Å². The second-order valence-electron chi connectivity index (χ2n) is 4.98. The summed E-state index contributed by atoms with van der Waals surface area (Å²) in [7, 11) is -3.29. The van der Waals surface area contributed by atoms with Crippen LogP contribution in [0.4, 0.5) is 0 Å². The van der Waals surface area contributed by atoms with Crippen molar-refractivity contribution in [2.45, 2.75) is 31.4 Å². The van der Waals surface area contributed by atoms with Crippen molar-refractivity contribution < 1.29 is 17.9 Å². The van der Waals surface area contributed by atoms with Crippen LogP contribution in [0, 0.1) is 0 Å². The van der Waals surface area contributed by atoms with E-state index < -0.39 is 15.1 Å². The first-order chi connectivity index (χ1) is 8.88. The van der Waals surface area contributed by atoms with Gasteiger partial charge in [-0.3, -0.25) is 4.79 Å². The average molecular weight is 282 g/mol. The number of sulfone groups is 1. The van der Waals surface area contributed by atoms with E-state index in [9.17, 15) is 13.2 Å². The van der Waals surface area contributed by atoms with Crippen molar-refractivity contribution >= 4 is 15.6 Å². The molecule has 1 atom stereocenters. The fourth-order valence-electron chi connectivity index (χ4n) is 2.10. The normalized spacial score (nSPS) is 15.7. The maximum Gasteiger partial charge on any atom is 0.157 e. The van der Waals surface area contributed by atoms with Gasteiger partial charge < -0.3 is 4.74 Å². The Balaban J connectivity index is 1.98. The molecule has 0 aliphatic carbocycles. The number of ether oxygens (including phenoxy) is 1. The molecule has 1 aromatic carbocycles. The predicted molar refractivity (Wildman–Crippen MR) is 73.3 cm³/mol. The summed E-state index contributed by atoms with van der Waals surface area (Å²) >= 11 is 0. The molecule has 0 saturated heterocycles. The number of benzene rings is 1. The molecule has 0 amide bonds. The highest BCUT2D eigenvalue weighted by Gasteiger charge is 2.23. The van der Waals surface area contributed by atoms with E-state index in [2.05, 4.69) is 0 Å². The monoisotopic (exact) mass is 282 g/mol. The quantitative estimate of drug-likeness (QED) is 0.822. The number of Topliss-reactive ketones (excluding diaryl/α,β-unsaturated/α-hetero) is 1. The Labute approximate surface area is 113 Å². The van der Waals surface area contributed by atoms with Crippen molar-refractivity contribution in [3.63, 3.8) is 0 Å². The largest absolute Gasteiger partial charge is 0.493 e. The fourth-order valence-corrected chi connectivity index (χ4v) is 2.70. The maximum atomic E-state index is 11.8. The smallest absolute Gasteiger partial charge is 0.157 e. The molecule has 0 fully saturated rings. The Kier molecular flexibility index (Phi) is 3.94. The van der Waals surface area contributed by atoms with E-state index in [1.807, 2.05) is 18.2 Å². The molecule has 1 unspecified atom stereocenters. The lowest BCUT2D eigenvalue weighted by Crippen LogP contribution is -2.26. The molecule has 0 aromatic heterocycles. The molecule has 4 nitrogen and oxygen atoms in total. The average Bonchev–Trinajstić information content (AvgIpc) is 2.81. The Bertz CT molecular complexity index is 589. The molecule has 1 heterocycles. The molecular weight excluding hydrogens is 264 g/mol. The third-order valence-electron chi connectivity index (χ3n) is 3.51. The summed E-state index contributed by atoms with van der Waals surface area (Å²) in [6.07, 6.45) is 2.83. The van der Waals surface area contributed by atoms with Crippen molar-refractivity contribution in [3.8, 4) is 5.75 Å². The standard InChI is InChI=1S/C14H18O4S/c1-10(19(2,16)17)13(15)5-3-11-4-6-14-12(9-11)7-8-18-14/h4,6,9-10H,3,5,7-8H2,1-2H3. The molecule has 2 rings (SSSR count). The Morgan fingerprint density at radius 3 is 2.84 bits per heavy atom. The summed E-state index contributed by atoms with van der Waals surface area (Å²) in [4.78, 5) is 11.8.